The molecule has 2 rings (SSSR count). The number of halogens is 1. The molecule has 0 saturated heterocycles. The lowest BCUT2D eigenvalue weighted by molar-refractivity contribution is -0.115. The molecule has 1 amide bonds. The molecule has 1 heterocycles. The third-order valence-corrected chi connectivity index (χ3v) is 3.84. The number of thioether (sulfide) groups is 1. The minimum absolute atomic E-state index is 0.111. The summed E-state index contributed by atoms with van der Waals surface area (Å²) in [5.74, 6) is -0.141. The Kier molecular flexibility index (Phi) is 4.87. The molecule has 0 aliphatic carbocycles. The molecule has 0 spiro atoms. The maximum absolute atomic E-state index is 12.1. The van der Waals surface area contributed by atoms with Gasteiger partial charge in [0.15, 0.2) is 5.16 Å². The monoisotopic (exact) mass is 324 g/mol. The maximum Gasteiger partial charge on any atom is 0.253 e. The van der Waals surface area contributed by atoms with E-state index in [4.69, 9.17) is 17.3 Å². The first-order valence-electron chi connectivity index (χ1n) is 6.04. The molecule has 6 nitrogen and oxygen atoms in total. The van der Waals surface area contributed by atoms with Gasteiger partial charge in [0, 0.05) is 6.07 Å². The van der Waals surface area contributed by atoms with Crippen LogP contribution in [-0.4, -0.2) is 21.1 Å². The minimum atomic E-state index is -0.480. The largest absolute Gasteiger partial charge is 0.383 e. The Balaban J connectivity index is 2.06. The van der Waals surface area contributed by atoms with Crippen molar-refractivity contribution in [3.05, 3.63) is 45.7 Å². The number of carbonyl (C=O) groups is 1. The molecule has 21 heavy (non-hydrogen) atoms. The van der Waals surface area contributed by atoms with E-state index >= 15 is 0 Å². The first kappa shape index (κ1) is 15.4. The number of hydrogen-bond acceptors (Lipinski definition) is 5. The standard InChI is InChI=1S/C13H13ClN4O2S/c1-7(21-13-17-10(15)6-11(19)18-13)12(20)16-9-5-3-2-4-8(9)14/h2-7H,1H3,(H,16,20)(H3,15,17,18,19)/t7-/m0/s1. The summed E-state index contributed by atoms with van der Waals surface area (Å²) in [5.41, 5.74) is 5.67. The van der Waals surface area contributed by atoms with Crippen LogP contribution in [0.4, 0.5) is 11.5 Å². The van der Waals surface area contributed by atoms with Crippen molar-refractivity contribution >= 4 is 40.8 Å². The second kappa shape index (κ2) is 6.64. The lowest BCUT2D eigenvalue weighted by Crippen LogP contribution is -2.23. The summed E-state index contributed by atoms with van der Waals surface area (Å²) in [7, 11) is 0. The summed E-state index contributed by atoms with van der Waals surface area (Å²) in [5, 5.41) is 2.99. The smallest absolute Gasteiger partial charge is 0.253 e. The number of aromatic amines is 1. The minimum Gasteiger partial charge on any atom is -0.383 e. The lowest BCUT2D eigenvalue weighted by Gasteiger charge is -2.12. The highest BCUT2D eigenvalue weighted by atomic mass is 35.5. The van der Waals surface area contributed by atoms with E-state index in [1.807, 2.05) is 0 Å². The summed E-state index contributed by atoms with van der Waals surface area (Å²) in [6.07, 6.45) is 0. The van der Waals surface area contributed by atoms with Gasteiger partial charge in [-0.15, -0.1) is 0 Å². The topological polar surface area (TPSA) is 101 Å². The molecule has 0 saturated carbocycles. The fourth-order valence-electron chi connectivity index (χ4n) is 1.53. The molecule has 110 valence electrons. The van der Waals surface area contributed by atoms with Crippen LogP contribution in [0.2, 0.25) is 5.02 Å². The average molecular weight is 325 g/mol. The SMILES string of the molecule is C[C@H](Sc1nc(N)cc(=O)[nH]1)C(=O)Nc1ccccc1Cl. The first-order chi connectivity index (χ1) is 9.95. The van der Waals surface area contributed by atoms with Crippen molar-refractivity contribution in [2.24, 2.45) is 0 Å². The van der Waals surface area contributed by atoms with Gasteiger partial charge in [-0.1, -0.05) is 35.5 Å². The van der Waals surface area contributed by atoms with Gasteiger partial charge in [0.25, 0.3) is 5.56 Å². The molecular weight excluding hydrogens is 312 g/mol. The predicted octanol–water partition coefficient (Wildman–Crippen LogP) is 2.12. The van der Waals surface area contributed by atoms with Crippen LogP contribution in [0.5, 0.6) is 0 Å². The molecule has 0 radical (unpaired) electrons. The predicted molar refractivity (Wildman–Crippen MR) is 84.7 cm³/mol. The van der Waals surface area contributed by atoms with Crippen LogP contribution in [0, 0.1) is 0 Å². The Morgan fingerprint density at radius 2 is 2.19 bits per heavy atom. The quantitative estimate of drug-likeness (QED) is 0.590. The number of para-hydroxylation sites is 1. The molecule has 0 fully saturated rings. The van der Waals surface area contributed by atoms with E-state index in [2.05, 4.69) is 15.3 Å². The van der Waals surface area contributed by atoms with Crippen LogP contribution in [0.3, 0.4) is 0 Å². The van der Waals surface area contributed by atoms with Crippen LogP contribution in [0.25, 0.3) is 0 Å². The number of H-pyrrole nitrogens is 1. The second-order valence-corrected chi connectivity index (χ2v) is 5.94. The first-order valence-corrected chi connectivity index (χ1v) is 7.30. The molecule has 8 heteroatoms. The van der Waals surface area contributed by atoms with Crippen LogP contribution in [-0.2, 0) is 4.79 Å². The summed E-state index contributed by atoms with van der Waals surface area (Å²) in [4.78, 5) is 29.9. The summed E-state index contributed by atoms with van der Waals surface area (Å²) < 4.78 is 0. The normalized spacial score (nSPS) is 11.9. The zero-order valence-electron chi connectivity index (χ0n) is 11.1. The van der Waals surface area contributed by atoms with E-state index in [-0.39, 0.29) is 17.3 Å². The number of rotatable bonds is 4. The molecule has 0 aliphatic rings. The van der Waals surface area contributed by atoms with Gasteiger partial charge in [-0.25, -0.2) is 4.98 Å². The Morgan fingerprint density at radius 1 is 1.48 bits per heavy atom. The second-order valence-electron chi connectivity index (χ2n) is 4.20. The van der Waals surface area contributed by atoms with E-state index in [1.165, 1.54) is 6.07 Å². The van der Waals surface area contributed by atoms with Crippen molar-refractivity contribution in [1.29, 1.82) is 0 Å². The summed E-state index contributed by atoms with van der Waals surface area (Å²) in [6, 6.07) is 8.12. The number of nitrogens with one attached hydrogen (secondary N) is 2. The fourth-order valence-corrected chi connectivity index (χ4v) is 2.53. The van der Waals surface area contributed by atoms with Crippen LogP contribution in [0.1, 0.15) is 6.92 Å². The Hall–Kier alpha value is -1.99. The van der Waals surface area contributed by atoms with Crippen LogP contribution < -0.4 is 16.6 Å². The molecule has 1 aromatic carbocycles. The van der Waals surface area contributed by atoms with E-state index < -0.39 is 5.25 Å². The number of carbonyl (C=O) groups excluding carboxylic acids is 1. The van der Waals surface area contributed by atoms with Gasteiger partial charge in [0.2, 0.25) is 5.91 Å². The van der Waals surface area contributed by atoms with Gasteiger partial charge in [-0.3, -0.25) is 9.59 Å². The zero-order valence-corrected chi connectivity index (χ0v) is 12.7. The van der Waals surface area contributed by atoms with E-state index in [0.717, 1.165) is 11.8 Å². The molecule has 0 unspecified atom stereocenters. The Morgan fingerprint density at radius 3 is 2.86 bits per heavy atom. The Labute approximate surface area is 130 Å². The number of amides is 1. The van der Waals surface area contributed by atoms with Gasteiger partial charge in [-0.05, 0) is 19.1 Å². The highest BCUT2D eigenvalue weighted by Gasteiger charge is 2.17. The van der Waals surface area contributed by atoms with Crippen molar-refractivity contribution in [1.82, 2.24) is 9.97 Å². The molecule has 2 aromatic rings. The van der Waals surface area contributed by atoms with E-state index in [9.17, 15) is 9.59 Å². The van der Waals surface area contributed by atoms with Crippen molar-refractivity contribution in [2.45, 2.75) is 17.3 Å². The lowest BCUT2D eigenvalue weighted by atomic mass is 10.3. The zero-order chi connectivity index (χ0) is 15.4. The van der Waals surface area contributed by atoms with E-state index in [1.54, 1.807) is 31.2 Å². The molecular formula is C13H13ClN4O2S. The molecule has 1 atom stereocenters. The number of aromatic nitrogens is 2. The number of nitrogens with zero attached hydrogens (tertiary/aromatic N) is 1. The van der Waals surface area contributed by atoms with Gasteiger partial charge in [0.1, 0.15) is 5.82 Å². The van der Waals surface area contributed by atoms with E-state index in [0.29, 0.717) is 15.9 Å². The molecule has 4 N–H and O–H groups in total. The van der Waals surface area contributed by atoms with Crippen molar-refractivity contribution < 1.29 is 4.79 Å². The third-order valence-electron chi connectivity index (χ3n) is 2.53. The van der Waals surface area contributed by atoms with Gasteiger partial charge in [-0.2, -0.15) is 0 Å². The summed E-state index contributed by atoms with van der Waals surface area (Å²) >= 11 is 7.08. The third kappa shape index (κ3) is 4.24. The number of benzene rings is 1. The van der Waals surface area contributed by atoms with Crippen LogP contribution in [0.15, 0.2) is 40.3 Å². The van der Waals surface area contributed by atoms with Crippen molar-refractivity contribution in [3.63, 3.8) is 0 Å². The number of nitrogen functional groups attached to an aromatic ring is 1. The van der Waals surface area contributed by atoms with Crippen molar-refractivity contribution in [3.8, 4) is 0 Å². The molecule has 0 aliphatic heterocycles. The molecule has 0 bridgehead atoms. The highest BCUT2D eigenvalue weighted by Crippen LogP contribution is 2.24. The van der Waals surface area contributed by atoms with Gasteiger partial charge < -0.3 is 16.0 Å². The number of hydrogen-bond donors (Lipinski definition) is 3. The van der Waals surface area contributed by atoms with Gasteiger partial charge >= 0.3 is 0 Å². The van der Waals surface area contributed by atoms with Crippen LogP contribution >= 0.6 is 23.4 Å². The molecule has 1 aromatic heterocycles. The number of anilines is 2. The van der Waals surface area contributed by atoms with Gasteiger partial charge in [0.05, 0.1) is 16.0 Å². The maximum atomic E-state index is 12.1. The average Bonchev–Trinajstić information content (AvgIpc) is 2.40. The Bertz CT molecular complexity index is 719. The summed E-state index contributed by atoms with van der Waals surface area (Å²) in [6.45, 7) is 1.69. The highest BCUT2D eigenvalue weighted by molar-refractivity contribution is 8.00. The number of nitrogens with two attached hydrogens (primary N) is 1. The fraction of sp³-hybridized carbons (Fsp3) is 0.154. The van der Waals surface area contributed by atoms with Crippen molar-refractivity contribution in [2.75, 3.05) is 11.1 Å².